The average molecular weight is 513 g/mol. The molecule has 0 saturated carbocycles. The third-order valence-electron chi connectivity index (χ3n) is 5.01. The van der Waals surface area contributed by atoms with Crippen LogP contribution in [-0.4, -0.2) is 32.5 Å². The molecular weight excluding hydrogens is 488 g/mol. The monoisotopic (exact) mass is 512 g/mol. The van der Waals surface area contributed by atoms with Gasteiger partial charge in [-0.3, -0.25) is 13.9 Å². The number of hydrogen-bond donors (Lipinski definition) is 2. The van der Waals surface area contributed by atoms with E-state index in [1.807, 2.05) is 0 Å². The first-order valence-electron chi connectivity index (χ1n) is 10.6. The molecule has 2 amide bonds. The highest BCUT2D eigenvalue weighted by molar-refractivity contribution is 7.92. The minimum absolute atomic E-state index is 0.0432. The first kappa shape index (κ1) is 25.9. The van der Waals surface area contributed by atoms with Crippen LogP contribution in [0.2, 0.25) is 5.02 Å². The molecule has 2 N–H and O–H groups in total. The van der Waals surface area contributed by atoms with E-state index in [2.05, 4.69) is 15.8 Å². The molecule has 0 radical (unpaired) electrons. The first-order valence-corrected chi connectivity index (χ1v) is 12.4. The van der Waals surface area contributed by atoms with E-state index in [-0.39, 0.29) is 10.8 Å². The van der Waals surface area contributed by atoms with Gasteiger partial charge in [-0.1, -0.05) is 48.0 Å². The summed E-state index contributed by atoms with van der Waals surface area (Å²) in [7, 11) is -4.07. The topological polar surface area (TPSA) is 108 Å². The molecule has 0 aliphatic carbocycles. The summed E-state index contributed by atoms with van der Waals surface area (Å²) < 4.78 is 27.9. The standard InChI is InChI=1S/C25H25ClN4O4S/c1-17-12-13-21(26)15-24(17)30(35(33,34)23-10-5-4-6-11-23)16-25(32)29-28-18(2)20-8-7-9-22(14-20)27-19(3)31/h4-15H,16H2,1-3H3,(H,27,31)(H,29,32)/b28-18-. The lowest BCUT2D eigenvalue weighted by molar-refractivity contribution is -0.119. The normalized spacial score (nSPS) is 11.6. The summed E-state index contributed by atoms with van der Waals surface area (Å²) in [4.78, 5) is 24.2. The second kappa shape index (κ2) is 11.2. The average Bonchev–Trinajstić information content (AvgIpc) is 2.83. The van der Waals surface area contributed by atoms with Gasteiger partial charge in [0.25, 0.3) is 15.9 Å². The highest BCUT2D eigenvalue weighted by Gasteiger charge is 2.28. The van der Waals surface area contributed by atoms with Gasteiger partial charge < -0.3 is 5.32 Å². The minimum atomic E-state index is -4.07. The van der Waals surface area contributed by atoms with Crippen LogP contribution in [0, 0.1) is 6.92 Å². The lowest BCUT2D eigenvalue weighted by Gasteiger charge is -2.25. The zero-order chi connectivity index (χ0) is 25.6. The predicted molar refractivity (Wildman–Crippen MR) is 138 cm³/mol. The Kier molecular flexibility index (Phi) is 8.26. The number of carbonyl (C=O) groups is 2. The molecule has 182 valence electrons. The van der Waals surface area contributed by atoms with Gasteiger partial charge in [-0.2, -0.15) is 5.10 Å². The fourth-order valence-electron chi connectivity index (χ4n) is 3.27. The van der Waals surface area contributed by atoms with Crippen LogP contribution in [0.25, 0.3) is 0 Å². The zero-order valence-corrected chi connectivity index (χ0v) is 21.0. The number of halogens is 1. The number of nitrogens with zero attached hydrogens (tertiary/aromatic N) is 2. The second-order valence-electron chi connectivity index (χ2n) is 7.75. The Bertz CT molecular complexity index is 1380. The van der Waals surface area contributed by atoms with Crippen molar-refractivity contribution in [2.45, 2.75) is 25.7 Å². The highest BCUT2D eigenvalue weighted by Crippen LogP contribution is 2.29. The number of nitrogens with one attached hydrogen (secondary N) is 2. The molecule has 0 aromatic heterocycles. The van der Waals surface area contributed by atoms with Crippen LogP contribution in [0.4, 0.5) is 11.4 Å². The molecule has 0 atom stereocenters. The van der Waals surface area contributed by atoms with E-state index in [0.29, 0.717) is 33.2 Å². The Labute approximate surface area is 209 Å². The lowest BCUT2D eigenvalue weighted by Crippen LogP contribution is -2.40. The molecule has 0 fully saturated rings. The Balaban J connectivity index is 1.87. The molecule has 35 heavy (non-hydrogen) atoms. The van der Waals surface area contributed by atoms with Crippen LogP contribution in [0.15, 0.2) is 82.8 Å². The summed E-state index contributed by atoms with van der Waals surface area (Å²) in [6.07, 6.45) is 0. The number of anilines is 2. The number of hydrogen-bond acceptors (Lipinski definition) is 5. The van der Waals surface area contributed by atoms with Crippen LogP contribution in [0.5, 0.6) is 0 Å². The van der Waals surface area contributed by atoms with Crippen molar-refractivity contribution in [2.75, 3.05) is 16.2 Å². The molecule has 8 nitrogen and oxygen atoms in total. The lowest BCUT2D eigenvalue weighted by atomic mass is 10.1. The fraction of sp³-hybridized carbons (Fsp3) is 0.160. The number of rotatable bonds is 8. The van der Waals surface area contributed by atoms with Crippen molar-refractivity contribution in [1.29, 1.82) is 0 Å². The molecular formula is C25H25ClN4O4S. The van der Waals surface area contributed by atoms with E-state index < -0.39 is 22.5 Å². The SMILES string of the molecule is CC(=O)Nc1cccc(/C(C)=N\NC(=O)CN(c2cc(Cl)ccc2C)S(=O)(=O)c2ccccc2)c1. The largest absolute Gasteiger partial charge is 0.326 e. The Morgan fingerprint density at radius 2 is 1.69 bits per heavy atom. The quantitative estimate of drug-likeness (QED) is 0.345. The van der Waals surface area contributed by atoms with Crippen LogP contribution in [0.1, 0.15) is 25.0 Å². The van der Waals surface area contributed by atoms with E-state index in [4.69, 9.17) is 11.6 Å². The fourth-order valence-corrected chi connectivity index (χ4v) is 4.94. The van der Waals surface area contributed by atoms with E-state index in [9.17, 15) is 18.0 Å². The summed E-state index contributed by atoms with van der Waals surface area (Å²) in [5.74, 6) is -0.845. The predicted octanol–water partition coefficient (Wildman–Crippen LogP) is 4.34. The first-order chi connectivity index (χ1) is 16.6. The van der Waals surface area contributed by atoms with Crippen LogP contribution < -0.4 is 15.0 Å². The van der Waals surface area contributed by atoms with E-state index in [0.717, 1.165) is 4.31 Å². The maximum absolute atomic E-state index is 13.4. The van der Waals surface area contributed by atoms with E-state index in [1.54, 1.807) is 68.4 Å². The molecule has 0 aliphatic heterocycles. The van der Waals surface area contributed by atoms with Crippen molar-refractivity contribution in [3.8, 4) is 0 Å². The van der Waals surface area contributed by atoms with Gasteiger partial charge in [-0.05, 0) is 61.4 Å². The van der Waals surface area contributed by atoms with Gasteiger partial charge in [0.15, 0.2) is 0 Å². The summed E-state index contributed by atoms with van der Waals surface area (Å²) >= 11 is 6.14. The van der Waals surface area contributed by atoms with Crippen LogP contribution >= 0.6 is 11.6 Å². The summed E-state index contributed by atoms with van der Waals surface area (Å²) in [5, 5.41) is 7.14. The molecule has 0 aliphatic rings. The number of aryl methyl sites for hydroxylation is 1. The number of benzene rings is 3. The van der Waals surface area contributed by atoms with Crippen LogP contribution in [-0.2, 0) is 19.6 Å². The molecule has 0 saturated heterocycles. The Morgan fingerprint density at radius 3 is 2.37 bits per heavy atom. The van der Waals surface area contributed by atoms with Crippen molar-refractivity contribution >= 4 is 50.5 Å². The molecule has 0 unspecified atom stereocenters. The van der Waals surface area contributed by atoms with Crippen molar-refractivity contribution in [3.05, 3.63) is 88.9 Å². The van der Waals surface area contributed by atoms with Crippen molar-refractivity contribution < 1.29 is 18.0 Å². The maximum Gasteiger partial charge on any atom is 0.264 e. The highest BCUT2D eigenvalue weighted by atomic mass is 35.5. The van der Waals surface area contributed by atoms with Crippen LogP contribution in [0.3, 0.4) is 0 Å². The number of hydrazone groups is 1. The number of carbonyl (C=O) groups excluding carboxylic acids is 2. The second-order valence-corrected chi connectivity index (χ2v) is 10.0. The molecule has 0 spiro atoms. The van der Waals surface area contributed by atoms with Gasteiger partial charge in [0.05, 0.1) is 16.3 Å². The number of sulfonamides is 1. The van der Waals surface area contributed by atoms with Gasteiger partial charge in [-0.15, -0.1) is 0 Å². The minimum Gasteiger partial charge on any atom is -0.326 e. The third kappa shape index (κ3) is 6.68. The molecule has 3 rings (SSSR count). The smallest absolute Gasteiger partial charge is 0.264 e. The Morgan fingerprint density at radius 1 is 0.971 bits per heavy atom. The van der Waals surface area contributed by atoms with E-state index in [1.165, 1.54) is 25.1 Å². The van der Waals surface area contributed by atoms with Gasteiger partial charge >= 0.3 is 0 Å². The van der Waals surface area contributed by atoms with Crippen molar-refractivity contribution in [2.24, 2.45) is 5.10 Å². The third-order valence-corrected chi connectivity index (χ3v) is 7.02. The van der Waals surface area contributed by atoms with E-state index >= 15 is 0 Å². The van der Waals surface area contributed by atoms with Gasteiger partial charge in [0, 0.05) is 17.6 Å². The molecule has 0 heterocycles. The van der Waals surface area contributed by atoms with Gasteiger partial charge in [0.2, 0.25) is 5.91 Å². The molecule has 0 bridgehead atoms. The molecule has 3 aromatic rings. The van der Waals surface area contributed by atoms with Crippen molar-refractivity contribution in [3.63, 3.8) is 0 Å². The molecule has 3 aromatic carbocycles. The number of amides is 2. The van der Waals surface area contributed by atoms with Gasteiger partial charge in [-0.25, -0.2) is 13.8 Å². The maximum atomic E-state index is 13.4. The summed E-state index contributed by atoms with van der Waals surface area (Å²) in [5.41, 5.74) is 5.09. The van der Waals surface area contributed by atoms with Gasteiger partial charge in [0.1, 0.15) is 6.54 Å². The summed E-state index contributed by atoms with van der Waals surface area (Å²) in [6, 6.07) is 19.7. The zero-order valence-electron chi connectivity index (χ0n) is 19.4. The Hall–Kier alpha value is -3.69. The molecule has 10 heteroatoms. The van der Waals surface area contributed by atoms with Crippen molar-refractivity contribution in [1.82, 2.24) is 5.43 Å². The summed E-state index contributed by atoms with van der Waals surface area (Å²) in [6.45, 7) is 4.32.